The second-order valence-corrected chi connectivity index (χ2v) is 8.61. The van der Waals surface area contributed by atoms with E-state index in [0.717, 1.165) is 41.9 Å². The van der Waals surface area contributed by atoms with Gasteiger partial charge < -0.3 is 20.9 Å². The third-order valence-electron chi connectivity index (χ3n) is 6.17. The van der Waals surface area contributed by atoms with Crippen molar-refractivity contribution in [2.45, 2.75) is 19.5 Å². The lowest BCUT2D eigenvalue weighted by Gasteiger charge is -2.34. The number of nitrogens with one attached hydrogen (secondary N) is 3. The Hall–Kier alpha value is -4.04. The van der Waals surface area contributed by atoms with E-state index in [4.69, 9.17) is 9.97 Å². The van der Waals surface area contributed by atoms with Crippen molar-refractivity contribution in [2.75, 3.05) is 35.2 Å². The first-order valence-corrected chi connectivity index (χ1v) is 11.7. The number of carbonyl (C=O) groups excluding carboxylic acids is 1. The van der Waals surface area contributed by atoms with Gasteiger partial charge in [0.25, 0.3) is 5.91 Å². The van der Waals surface area contributed by atoms with E-state index in [2.05, 4.69) is 27.8 Å². The van der Waals surface area contributed by atoms with Crippen LogP contribution in [-0.4, -0.2) is 41.6 Å². The molecule has 178 valence electrons. The van der Waals surface area contributed by atoms with Gasteiger partial charge in [0.05, 0.1) is 5.52 Å². The van der Waals surface area contributed by atoms with Gasteiger partial charge in [-0.25, -0.2) is 9.37 Å². The lowest BCUT2D eigenvalue weighted by Crippen LogP contribution is -2.50. The van der Waals surface area contributed by atoms with Gasteiger partial charge in [-0.1, -0.05) is 30.3 Å². The number of benzene rings is 3. The predicted octanol–water partition coefficient (Wildman–Crippen LogP) is 4.43. The number of fused-ring (bicyclic) bond motifs is 1. The largest absolute Gasteiger partial charge is 0.365 e. The number of hydrogen-bond acceptors (Lipinski definition) is 6. The van der Waals surface area contributed by atoms with Crippen LogP contribution in [0.5, 0.6) is 0 Å². The Labute approximate surface area is 203 Å². The summed E-state index contributed by atoms with van der Waals surface area (Å²) in [5.41, 5.74) is 2.86. The van der Waals surface area contributed by atoms with Crippen LogP contribution in [0.2, 0.25) is 0 Å². The van der Waals surface area contributed by atoms with Gasteiger partial charge in [-0.15, -0.1) is 0 Å². The highest BCUT2D eigenvalue weighted by molar-refractivity contribution is 6.04. The van der Waals surface area contributed by atoms with E-state index in [1.165, 1.54) is 24.3 Å². The smallest absolute Gasteiger partial charge is 0.255 e. The highest BCUT2D eigenvalue weighted by Gasteiger charge is 2.22. The molecule has 0 bridgehead atoms. The van der Waals surface area contributed by atoms with Crippen molar-refractivity contribution in [3.8, 4) is 0 Å². The summed E-state index contributed by atoms with van der Waals surface area (Å²) >= 11 is 0. The molecule has 1 aliphatic heterocycles. The van der Waals surface area contributed by atoms with E-state index in [1.807, 2.05) is 48.5 Å². The van der Waals surface area contributed by atoms with Crippen molar-refractivity contribution in [2.24, 2.45) is 0 Å². The summed E-state index contributed by atoms with van der Waals surface area (Å²) in [5.74, 6) is 0.784. The van der Waals surface area contributed by atoms with Crippen molar-refractivity contribution >= 4 is 34.3 Å². The van der Waals surface area contributed by atoms with Gasteiger partial charge in [-0.05, 0) is 55.0 Å². The molecule has 1 saturated heterocycles. The van der Waals surface area contributed by atoms with Gasteiger partial charge in [0.15, 0.2) is 0 Å². The highest BCUT2D eigenvalue weighted by Crippen LogP contribution is 2.26. The number of para-hydroxylation sites is 2. The summed E-state index contributed by atoms with van der Waals surface area (Å²) < 4.78 is 13.2. The number of amides is 1. The molecular weight excluding hydrogens is 443 g/mol. The molecule has 8 heteroatoms. The molecule has 1 fully saturated rings. The van der Waals surface area contributed by atoms with E-state index in [0.29, 0.717) is 29.8 Å². The Morgan fingerprint density at radius 1 is 1.06 bits per heavy atom. The van der Waals surface area contributed by atoms with Crippen LogP contribution in [0, 0.1) is 5.82 Å². The lowest BCUT2D eigenvalue weighted by atomic mass is 10.1. The molecule has 5 rings (SSSR count). The maximum absolute atomic E-state index is 13.2. The number of aromatic nitrogens is 2. The fourth-order valence-corrected chi connectivity index (χ4v) is 4.24. The minimum Gasteiger partial charge on any atom is -0.365 e. The van der Waals surface area contributed by atoms with Crippen molar-refractivity contribution in [3.05, 3.63) is 89.7 Å². The molecule has 35 heavy (non-hydrogen) atoms. The average molecular weight is 471 g/mol. The second kappa shape index (κ2) is 10.1. The summed E-state index contributed by atoms with van der Waals surface area (Å²) in [6.07, 6.45) is 0. The highest BCUT2D eigenvalue weighted by atomic mass is 19.1. The Kier molecular flexibility index (Phi) is 6.54. The zero-order valence-corrected chi connectivity index (χ0v) is 19.5. The molecule has 1 aliphatic rings. The number of anilines is 3. The zero-order valence-electron chi connectivity index (χ0n) is 19.5. The summed E-state index contributed by atoms with van der Waals surface area (Å²) in [5, 5.41) is 10.7. The first kappa shape index (κ1) is 22.7. The van der Waals surface area contributed by atoms with Crippen LogP contribution >= 0.6 is 0 Å². The van der Waals surface area contributed by atoms with Gasteiger partial charge in [0.2, 0.25) is 5.95 Å². The third-order valence-corrected chi connectivity index (χ3v) is 6.17. The number of piperazine rings is 1. The van der Waals surface area contributed by atoms with Crippen LogP contribution < -0.4 is 20.9 Å². The molecule has 4 aromatic rings. The van der Waals surface area contributed by atoms with E-state index >= 15 is 0 Å². The molecule has 1 aromatic heterocycles. The van der Waals surface area contributed by atoms with Gasteiger partial charge in [0, 0.05) is 48.9 Å². The fourth-order valence-electron chi connectivity index (χ4n) is 4.24. The fraction of sp³-hybridized carbons (Fsp3) is 0.222. The summed E-state index contributed by atoms with van der Waals surface area (Å²) in [4.78, 5) is 24.6. The summed E-state index contributed by atoms with van der Waals surface area (Å²) in [6.45, 7) is 5.25. The minimum absolute atomic E-state index is 0.292. The predicted molar refractivity (Wildman–Crippen MR) is 137 cm³/mol. The van der Waals surface area contributed by atoms with Gasteiger partial charge in [-0.3, -0.25) is 4.79 Å². The van der Waals surface area contributed by atoms with Crippen LogP contribution in [0.1, 0.15) is 22.8 Å². The van der Waals surface area contributed by atoms with Crippen LogP contribution in [0.25, 0.3) is 10.9 Å². The molecule has 0 spiro atoms. The quantitative estimate of drug-likeness (QED) is 0.387. The normalized spacial score (nSPS) is 15.7. The van der Waals surface area contributed by atoms with Crippen LogP contribution in [0.4, 0.5) is 21.8 Å². The lowest BCUT2D eigenvalue weighted by molar-refractivity contribution is 0.102. The average Bonchev–Trinajstić information content (AvgIpc) is 2.88. The molecular formula is C27H27FN6O. The Morgan fingerprint density at radius 3 is 2.66 bits per heavy atom. The number of nitrogens with zero attached hydrogens (tertiary/aromatic N) is 3. The molecule has 3 N–H and O–H groups in total. The number of carbonyl (C=O) groups is 1. The molecule has 0 radical (unpaired) electrons. The first-order chi connectivity index (χ1) is 17.1. The maximum atomic E-state index is 13.2. The van der Waals surface area contributed by atoms with E-state index in [-0.39, 0.29) is 11.7 Å². The molecule has 1 amide bonds. The monoisotopic (exact) mass is 470 g/mol. The Morgan fingerprint density at radius 2 is 1.83 bits per heavy atom. The van der Waals surface area contributed by atoms with Crippen LogP contribution in [0.15, 0.2) is 72.8 Å². The zero-order chi connectivity index (χ0) is 24.2. The topological polar surface area (TPSA) is 82.2 Å². The Bertz CT molecular complexity index is 1340. The van der Waals surface area contributed by atoms with Crippen LogP contribution in [0.3, 0.4) is 0 Å². The van der Waals surface area contributed by atoms with E-state index < -0.39 is 0 Å². The standard InChI is InChI=1S/C27H27FN6O/c1-18-16-29-14-15-34(18)27-32-24-9-5-3-7-22(24)25(33-27)30-17-20-6-2-4-8-23(20)31-26(35)19-10-12-21(28)13-11-19/h2-13,18,29H,14-17H2,1H3,(H,31,35)(H,30,32,33). The minimum atomic E-state index is -0.377. The summed E-state index contributed by atoms with van der Waals surface area (Å²) in [6, 6.07) is 21.3. The first-order valence-electron chi connectivity index (χ1n) is 11.7. The second-order valence-electron chi connectivity index (χ2n) is 8.61. The molecule has 0 saturated carbocycles. The SMILES string of the molecule is CC1CNCCN1c1nc(NCc2ccccc2NC(=O)c2ccc(F)cc2)c2ccccc2n1. The van der Waals surface area contributed by atoms with Crippen molar-refractivity contribution in [1.29, 1.82) is 0 Å². The number of hydrogen-bond donors (Lipinski definition) is 3. The van der Waals surface area contributed by atoms with Gasteiger partial charge in [-0.2, -0.15) is 4.98 Å². The molecule has 1 atom stereocenters. The van der Waals surface area contributed by atoms with Crippen molar-refractivity contribution in [1.82, 2.24) is 15.3 Å². The number of halogens is 1. The molecule has 7 nitrogen and oxygen atoms in total. The molecule has 0 aliphatic carbocycles. The molecule has 1 unspecified atom stereocenters. The van der Waals surface area contributed by atoms with Crippen LogP contribution in [-0.2, 0) is 6.54 Å². The van der Waals surface area contributed by atoms with Gasteiger partial charge in [0.1, 0.15) is 11.6 Å². The third kappa shape index (κ3) is 5.07. The summed E-state index contributed by atoms with van der Waals surface area (Å²) in [7, 11) is 0. The van der Waals surface area contributed by atoms with E-state index in [1.54, 1.807) is 0 Å². The molecule has 2 heterocycles. The van der Waals surface area contributed by atoms with Crippen molar-refractivity contribution in [3.63, 3.8) is 0 Å². The molecule has 3 aromatic carbocycles. The Balaban J connectivity index is 1.40. The van der Waals surface area contributed by atoms with E-state index in [9.17, 15) is 9.18 Å². The number of rotatable bonds is 6. The van der Waals surface area contributed by atoms with Crippen molar-refractivity contribution < 1.29 is 9.18 Å². The maximum Gasteiger partial charge on any atom is 0.255 e. The van der Waals surface area contributed by atoms with Gasteiger partial charge >= 0.3 is 0 Å².